The summed E-state index contributed by atoms with van der Waals surface area (Å²) in [6.07, 6.45) is 5.69. The first kappa shape index (κ1) is 17.5. The molecule has 2 aliphatic rings. The lowest BCUT2D eigenvalue weighted by molar-refractivity contribution is -0.124. The molecule has 0 saturated carbocycles. The molecule has 0 fully saturated rings. The maximum absolute atomic E-state index is 12.2. The fraction of sp³-hybridized carbons (Fsp3) is 0.421. The maximum atomic E-state index is 12.2. The number of thioether (sulfide) groups is 1. The molecule has 2 aromatic rings. The minimum Gasteiger partial charge on any atom is -0.356 e. The zero-order valence-electron chi connectivity index (χ0n) is 14.4. The molecule has 0 saturated heterocycles. The Kier molecular flexibility index (Phi) is 5.26. The van der Waals surface area contributed by atoms with Crippen LogP contribution in [0.4, 0.5) is 5.69 Å². The summed E-state index contributed by atoms with van der Waals surface area (Å²) in [5.74, 6) is -0.185. The minimum absolute atomic E-state index is 0.0849. The Balaban J connectivity index is 1.26. The molecule has 1 aromatic heterocycles. The zero-order chi connectivity index (χ0) is 17.9. The molecule has 2 heterocycles. The van der Waals surface area contributed by atoms with Crippen LogP contribution in [0.3, 0.4) is 0 Å². The van der Waals surface area contributed by atoms with Crippen molar-refractivity contribution >= 4 is 40.6 Å². The number of nitrogens with zero attached hydrogens (tertiary/aromatic N) is 1. The van der Waals surface area contributed by atoms with Crippen LogP contribution in [0.2, 0.25) is 0 Å². The Bertz CT molecular complexity index is 810. The van der Waals surface area contributed by atoms with E-state index < -0.39 is 0 Å². The molecular weight excluding hydrogens is 366 g/mol. The Morgan fingerprint density at radius 2 is 2.12 bits per heavy atom. The van der Waals surface area contributed by atoms with Gasteiger partial charge in [-0.05, 0) is 37.8 Å². The number of carbonyl (C=O) groups is 2. The molecule has 136 valence electrons. The maximum Gasteiger partial charge on any atom is 0.238 e. The van der Waals surface area contributed by atoms with Gasteiger partial charge in [-0.3, -0.25) is 9.59 Å². The lowest BCUT2D eigenvalue weighted by atomic mass is 10.0. The van der Waals surface area contributed by atoms with E-state index in [0.717, 1.165) is 34.9 Å². The van der Waals surface area contributed by atoms with E-state index in [4.69, 9.17) is 4.98 Å². The predicted molar refractivity (Wildman–Crippen MR) is 105 cm³/mol. The normalized spacial score (nSPS) is 18.6. The second-order valence-electron chi connectivity index (χ2n) is 6.58. The summed E-state index contributed by atoms with van der Waals surface area (Å²) in [7, 11) is 0. The van der Waals surface area contributed by atoms with Crippen LogP contribution < -0.4 is 10.6 Å². The summed E-state index contributed by atoms with van der Waals surface area (Å²) in [5.41, 5.74) is 2.09. The molecule has 1 aliphatic carbocycles. The van der Waals surface area contributed by atoms with Gasteiger partial charge in [0.2, 0.25) is 11.8 Å². The average molecular weight is 388 g/mol. The second-order valence-corrected chi connectivity index (χ2v) is 8.99. The number of rotatable bonds is 5. The highest BCUT2D eigenvalue weighted by Crippen LogP contribution is 2.36. The van der Waals surface area contributed by atoms with Crippen LogP contribution in [0.25, 0.3) is 0 Å². The van der Waals surface area contributed by atoms with Crippen molar-refractivity contribution in [2.45, 2.75) is 48.7 Å². The molecule has 1 aromatic carbocycles. The molecule has 5 nitrogen and oxygen atoms in total. The van der Waals surface area contributed by atoms with Crippen LogP contribution in [-0.4, -0.2) is 28.6 Å². The summed E-state index contributed by atoms with van der Waals surface area (Å²) >= 11 is 3.24. The molecular formula is C19H21N3O2S2. The molecule has 2 amide bonds. The molecule has 0 bridgehead atoms. The molecule has 4 rings (SSSR count). The van der Waals surface area contributed by atoms with Crippen molar-refractivity contribution in [1.82, 2.24) is 10.3 Å². The van der Waals surface area contributed by atoms with Gasteiger partial charge < -0.3 is 10.6 Å². The SMILES string of the molecule is O=C(C[C@@H]1Sc2ccccc2NC1=O)NCCc1nc2c(s1)CCCC2. The van der Waals surface area contributed by atoms with Gasteiger partial charge in [0.05, 0.1) is 21.6 Å². The number of aromatic nitrogens is 1. The van der Waals surface area contributed by atoms with Crippen molar-refractivity contribution in [1.29, 1.82) is 0 Å². The van der Waals surface area contributed by atoms with Crippen molar-refractivity contribution in [3.63, 3.8) is 0 Å². The molecule has 0 radical (unpaired) electrons. The molecule has 0 unspecified atom stereocenters. The van der Waals surface area contributed by atoms with E-state index in [2.05, 4.69) is 10.6 Å². The lowest BCUT2D eigenvalue weighted by Gasteiger charge is -2.23. The summed E-state index contributed by atoms with van der Waals surface area (Å²) < 4.78 is 0. The van der Waals surface area contributed by atoms with Crippen molar-refractivity contribution in [2.24, 2.45) is 0 Å². The quantitative estimate of drug-likeness (QED) is 0.827. The van der Waals surface area contributed by atoms with Crippen LogP contribution >= 0.6 is 23.1 Å². The highest BCUT2D eigenvalue weighted by molar-refractivity contribution is 8.01. The standard InChI is InChI=1S/C19H21N3O2S2/c23-17(11-16-19(24)22-13-6-2-3-7-14(13)25-16)20-10-9-18-21-12-5-1-4-8-15(12)26-18/h2-3,6-7,16H,1,4-5,8-11H2,(H,20,23)(H,22,24)/t16-/m0/s1. The number of hydrogen-bond donors (Lipinski definition) is 2. The summed E-state index contributed by atoms with van der Waals surface area (Å²) in [6.45, 7) is 0.570. The van der Waals surface area contributed by atoms with Gasteiger partial charge in [0.15, 0.2) is 0 Å². The molecule has 7 heteroatoms. The van der Waals surface area contributed by atoms with Crippen molar-refractivity contribution < 1.29 is 9.59 Å². The fourth-order valence-electron chi connectivity index (χ4n) is 3.29. The van der Waals surface area contributed by atoms with Gasteiger partial charge in [0, 0.05) is 29.2 Å². The molecule has 1 atom stereocenters. The summed E-state index contributed by atoms with van der Waals surface area (Å²) in [5, 5.41) is 6.54. The number of hydrogen-bond acceptors (Lipinski definition) is 5. The monoisotopic (exact) mass is 387 g/mol. The predicted octanol–water partition coefficient (Wildman–Crippen LogP) is 3.18. The van der Waals surface area contributed by atoms with Gasteiger partial charge in [-0.1, -0.05) is 12.1 Å². The number of amides is 2. The van der Waals surface area contributed by atoms with E-state index in [1.54, 1.807) is 11.3 Å². The Hall–Kier alpha value is -1.86. The van der Waals surface area contributed by atoms with E-state index in [1.807, 2.05) is 24.3 Å². The first-order chi connectivity index (χ1) is 12.7. The van der Waals surface area contributed by atoms with Gasteiger partial charge >= 0.3 is 0 Å². The number of thiazole rings is 1. The lowest BCUT2D eigenvalue weighted by Crippen LogP contribution is -2.35. The number of benzene rings is 1. The van der Waals surface area contributed by atoms with Crippen LogP contribution in [-0.2, 0) is 28.9 Å². The Morgan fingerprint density at radius 3 is 3.00 bits per heavy atom. The first-order valence-corrected chi connectivity index (χ1v) is 10.7. The minimum atomic E-state index is -0.378. The van der Waals surface area contributed by atoms with Crippen molar-refractivity contribution in [2.75, 3.05) is 11.9 Å². The van der Waals surface area contributed by atoms with Gasteiger partial charge in [0.25, 0.3) is 0 Å². The van der Waals surface area contributed by atoms with Crippen LogP contribution in [0.15, 0.2) is 29.2 Å². The Morgan fingerprint density at radius 1 is 1.27 bits per heavy atom. The van der Waals surface area contributed by atoms with Gasteiger partial charge in [-0.25, -0.2) is 4.98 Å². The number of carbonyl (C=O) groups excluding carboxylic acids is 2. The van der Waals surface area contributed by atoms with E-state index in [9.17, 15) is 9.59 Å². The van der Waals surface area contributed by atoms with Crippen LogP contribution in [0.5, 0.6) is 0 Å². The van der Waals surface area contributed by atoms with E-state index >= 15 is 0 Å². The highest BCUT2D eigenvalue weighted by atomic mass is 32.2. The third-order valence-electron chi connectivity index (χ3n) is 4.63. The average Bonchev–Trinajstić information content (AvgIpc) is 3.05. The van der Waals surface area contributed by atoms with Crippen LogP contribution in [0, 0.1) is 0 Å². The first-order valence-electron chi connectivity index (χ1n) is 9.00. The van der Waals surface area contributed by atoms with E-state index in [1.165, 1.54) is 35.2 Å². The van der Waals surface area contributed by atoms with E-state index in [0.29, 0.717) is 6.54 Å². The van der Waals surface area contributed by atoms with Gasteiger partial charge in [0.1, 0.15) is 0 Å². The molecule has 0 spiro atoms. The number of fused-ring (bicyclic) bond motifs is 2. The zero-order valence-corrected chi connectivity index (χ0v) is 16.0. The third-order valence-corrected chi connectivity index (χ3v) is 7.12. The largest absolute Gasteiger partial charge is 0.356 e. The van der Waals surface area contributed by atoms with Gasteiger partial charge in [-0.2, -0.15) is 0 Å². The molecule has 2 N–H and O–H groups in total. The summed E-state index contributed by atoms with van der Waals surface area (Å²) in [6, 6.07) is 7.68. The highest BCUT2D eigenvalue weighted by Gasteiger charge is 2.28. The molecule has 1 aliphatic heterocycles. The molecule has 26 heavy (non-hydrogen) atoms. The Labute approximate surface area is 161 Å². The smallest absolute Gasteiger partial charge is 0.238 e. The van der Waals surface area contributed by atoms with Crippen molar-refractivity contribution in [3.05, 3.63) is 39.8 Å². The fourth-order valence-corrected chi connectivity index (χ4v) is 5.56. The topological polar surface area (TPSA) is 71.1 Å². The number of anilines is 1. The number of nitrogens with one attached hydrogen (secondary N) is 2. The summed E-state index contributed by atoms with van der Waals surface area (Å²) in [4.78, 5) is 31.5. The van der Waals surface area contributed by atoms with E-state index in [-0.39, 0.29) is 23.5 Å². The van der Waals surface area contributed by atoms with Crippen LogP contribution in [0.1, 0.15) is 34.8 Å². The third kappa shape index (κ3) is 3.94. The van der Waals surface area contributed by atoms with Gasteiger partial charge in [-0.15, -0.1) is 23.1 Å². The number of aryl methyl sites for hydroxylation is 2. The van der Waals surface area contributed by atoms with Crippen molar-refractivity contribution in [3.8, 4) is 0 Å². The number of para-hydroxylation sites is 1. The second kappa shape index (κ2) is 7.80.